The molecule has 1 aliphatic carbocycles. The van der Waals surface area contributed by atoms with Gasteiger partial charge in [-0.25, -0.2) is 0 Å². The summed E-state index contributed by atoms with van der Waals surface area (Å²) in [6, 6.07) is 0. The first-order chi connectivity index (χ1) is 4.33. The summed E-state index contributed by atoms with van der Waals surface area (Å²) in [5.74, 6) is 0.807. The normalized spacial score (nSPS) is 17.2. The van der Waals surface area contributed by atoms with Gasteiger partial charge in [-0.1, -0.05) is 19.1 Å². The van der Waals surface area contributed by atoms with Crippen LogP contribution in [0, 0.1) is 5.92 Å². The molecule has 52 valence electrons. The van der Waals surface area contributed by atoms with E-state index < -0.39 is 0 Å². The molecule has 0 saturated carbocycles. The fraction of sp³-hybridized carbons (Fsp3) is 0.750. The van der Waals surface area contributed by atoms with E-state index >= 15 is 0 Å². The van der Waals surface area contributed by atoms with Crippen molar-refractivity contribution in [2.45, 2.75) is 13.3 Å². The van der Waals surface area contributed by atoms with E-state index in [1.807, 2.05) is 0 Å². The molecule has 1 aliphatic rings. The highest BCUT2D eigenvalue weighted by molar-refractivity contribution is 5.14. The number of rotatable bonds is 4. The van der Waals surface area contributed by atoms with Gasteiger partial charge in [-0.15, -0.1) is 0 Å². The van der Waals surface area contributed by atoms with Gasteiger partial charge in [-0.2, -0.15) is 0 Å². The van der Waals surface area contributed by atoms with Crippen LogP contribution in [-0.2, 0) is 0 Å². The van der Waals surface area contributed by atoms with Gasteiger partial charge >= 0.3 is 0 Å². The lowest BCUT2D eigenvalue weighted by Gasteiger charge is -2.13. The Kier molecular flexibility index (Phi) is 2.29. The first-order valence-corrected chi connectivity index (χ1v) is 3.70. The summed E-state index contributed by atoms with van der Waals surface area (Å²) in [6.07, 6.45) is 5.78. The topological polar surface area (TPSA) is 3.24 Å². The van der Waals surface area contributed by atoms with E-state index in [1.165, 1.54) is 19.5 Å². The third-order valence-electron chi connectivity index (χ3n) is 1.59. The molecule has 0 radical (unpaired) electrons. The second-order valence-electron chi connectivity index (χ2n) is 2.81. The number of nitrogens with zero attached hydrogens (tertiary/aromatic N) is 1. The summed E-state index contributed by atoms with van der Waals surface area (Å²) in [6.45, 7) is 4.68. The highest BCUT2D eigenvalue weighted by Gasteiger charge is 2.11. The third-order valence-corrected chi connectivity index (χ3v) is 1.59. The standard InChI is InChI=1S/C8H15N/c1-3-6-9(2)7-8-4-5-8/h4-5,8H,3,6-7H2,1-2H3. The van der Waals surface area contributed by atoms with E-state index in [0.29, 0.717) is 0 Å². The second-order valence-corrected chi connectivity index (χ2v) is 2.81. The zero-order valence-corrected chi connectivity index (χ0v) is 6.30. The van der Waals surface area contributed by atoms with Crippen molar-refractivity contribution in [1.82, 2.24) is 4.90 Å². The lowest BCUT2D eigenvalue weighted by atomic mass is 10.3. The number of hydrogen-bond acceptors (Lipinski definition) is 1. The maximum absolute atomic E-state index is 2.38. The van der Waals surface area contributed by atoms with Gasteiger partial charge in [0.1, 0.15) is 0 Å². The predicted molar refractivity (Wildman–Crippen MR) is 40.4 cm³/mol. The van der Waals surface area contributed by atoms with Gasteiger partial charge in [0.25, 0.3) is 0 Å². The Hall–Kier alpha value is -0.300. The molecule has 0 amide bonds. The highest BCUT2D eigenvalue weighted by atomic mass is 15.1. The smallest absolute Gasteiger partial charge is 0.00761 e. The third kappa shape index (κ3) is 2.66. The minimum absolute atomic E-state index is 0.807. The molecular formula is C8H15N. The summed E-state index contributed by atoms with van der Waals surface area (Å²) in [5, 5.41) is 0. The maximum Gasteiger partial charge on any atom is 0.00761 e. The average molecular weight is 125 g/mol. The second kappa shape index (κ2) is 3.02. The Balaban J connectivity index is 1.96. The van der Waals surface area contributed by atoms with E-state index in [2.05, 4.69) is 31.0 Å². The summed E-state index contributed by atoms with van der Waals surface area (Å²) in [7, 11) is 2.18. The Bertz CT molecular complexity index is 101. The predicted octanol–water partition coefficient (Wildman–Crippen LogP) is 1.51. The molecule has 0 saturated heterocycles. The van der Waals surface area contributed by atoms with Crippen LogP contribution < -0.4 is 0 Å². The molecule has 9 heavy (non-hydrogen) atoms. The van der Waals surface area contributed by atoms with Crippen LogP contribution in [-0.4, -0.2) is 25.0 Å². The molecule has 0 unspecified atom stereocenters. The van der Waals surface area contributed by atoms with Crippen LogP contribution in [0.3, 0.4) is 0 Å². The molecule has 0 aromatic carbocycles. The Morgan fingerprint density at radius 3 is 2.56 bits per heavy atom. The average Bonchev–Trinajstić information content (AvgIpc) is 2.50. The first-order valence-electron chi connectivity index (χ1n) is 3.70. The monoisotopic (exact) mass is 125 g/mol. The minimum atomic E-state index is 0.807. The lowest BCUT2D eigenvalue weighted by molar-refractivity contribution is 0.329. The van der Waals surface area contributed by atoms with Crippen molar-refractivity contribution in [2.24, 2.45) is 5.92 Å². The van der Waals surface area contributed by atoms with Crippen LogP contribution in [0.2, 0.25) is 0 Å². The van der Waals surface area contributed by atoms with Crippen molar-refractivity contribution in [3.8, 4) is 0 Å². The highest BCUT2D eigenvalue weighted by Crippen LogP contribution is 2.15. The molecule has 0 heterocycles. The molecule has 0 aromatic heterocycles. The van der Waals surface area contributed by atoms with Crippen molar-refractivity contribution in [3.63, 3.8) is 0 Å². The van der Waals surface area contributed by atoms with Crippen molar-refractivity contribution in [3.05, 3.63) is 12.2 Å². The number of hydrogen-bond donors (Lipinski definition) is 0. The molecule has 0 atom stereocenters. The van der Waals surface area contributed by atoms with Gasteiger partial charge < -0.3 is 4.90 Å². The molecule has 0 fully saturated rings. The van der Waals surface area contributed by atoms with Crippen LogP contribution in [0.1, 0.15) is 13.3 Å². The van der Waals surface area contributed by atoms with E-state index in [1.54, 1.807) is 0 Å². The van der Waals surface area contributed by atoms with Crippen LogP contribution in [0.5, 0.6) is 0 Å². The van der Waals surface area contributed by atoms with Crippen molar-refractivity contribution < 1.29 is 0 Å². The minimum Gasteiger partial charge on any atom is -0.305 e. The fourth-order valence-electron chi connectivity index (χ4n) is 1.03. The zero-order chi connectivity index (χ0) is 6.69. The molecule has 0 aromatic rings. The maximum atomic E-state index is 2.38. The van der Waals surface area contributed by atoms with E-state index in [4.69, 9.17) is 0 Å². The SMILES string of the molecule is CCCN(C)CC1C=C1. The molecule has 1 rings (SSSR count). The summed E-state index contributed by atoms with van der Waals surface area (Å²) in [4.78, 5) is 2.38. The molecule has 0 spiro atoms. The first kappa shape index (κ1) is 6.81. The molecule has 1 nitrogen and oxygen atoms in total. The quantitative estimate of drug-likeness (QED) is 0.515. The molecular weight excluding hydrogens is 110 g/mol. The van der Waals surface area contributed by atoms with Crippen molar-refractivity contribution in [2.75, 3.05) is 20.1 Å². The molecule has 0 bridgehead atoms. The van der Waals surface area contributed by atoms with Gasteiger partial charge in [0.15, 0.2) is 0 Å². The van der Waals surface area contributed by atoms with Crippen LogP contribution >= 0.6 is 0 Å². The summed E-state index contributed by atoms with van der Waals surface area (Å²) < 4.78 is 0. The van der Waals surface area contributed by atoms with Crippen molar-refractivity contribution in [1.29, 1.82) is 0 Å². The summed E-state index contributed by atoms with van der Waals surface area (Å²) in [5.41, 5.74) is 0. The van der Waals surface area contributed by atoms with Gasteiger partial charge in [0, 0.05) is 12.5 Å². The Morgan fingerprint density at radius 1 is 1.44 bits per heavy atom. The van der Waals surface area contributed by atoms with Gasteiger partial charge in [0.05, 0.1) is 0 Å². The van der Waals surface area contributed by atoms with E-state index in [9.17, 15) is 0 Å². The molecule has 0 N–H and O–H groups in total. The van der Waals surface area contributed by atoms with E-state index in [0.717, 1.165) is 5.92 Å². The molecule has 1 heteroatoms. The zero-order valence-electron chi connectivity index (χ0n) is 6.30. The van der Waals surface area contributed by atoms with Gasteiger partial charge in [-0.3, -0.25) is 0 Å². The fourth-order valence-corrected chi connectivity index (χ4v) is 1.03. The Morgan fingerprint density at radius 2 is 2.11 bits per heavy atom. The largest absolute Gasteiger partial charge is 0.305 e. The van der Waals surface area contributed by atoms with Crippen LogP contribution in [0.25, 0.3) is 0 Å². The van der Waals surface area contributed by atoms with Crippen LogP contribution in [0.4, 0.5) is 0 Å². The Labute approximate surface area is 57.4 Å². The van der Waals surface area contributed by atoms with Gasteiger partial charge in [-0.05, 0) is 20.0 Å². The van der Waals surface area contributed by atoms with E-state index in [-0.39, 0.29) is 0 Å². The van der Waals surface area contributed by atoms with Crippen LogP contribution in [0.15, 0.2) is 12.2 Å². The summed E-state index contributed by atoms with van der Waals surface area (Å²) >= 11 is 0. The van der Waals surface area contributed by atoms with Gasteiger partial charge in [0.2, 0.25) is 0 Å². The van der Waals surface area contributed by atoms with Crippen molar-refractivity contribution >= 4 is 0 Å². The molecule has 0 aliphatic heterocycles. The lowest BCUT2D eigenvalue weighted by Crippen LogP contribution is -2.21.